The Bertz CT molecular complexity index is 192. The van der Waals surface area contributed by atoms with Gasteiger partial charge in [0, 0.05) is 0 Å². The number of rotatable bonds is 2. The van der Waals surface area contributed by atoms with Crippen molar-refractivity contribution in [2.24, 2.45) is 0 Å². The molecular formula is C13H22O. The fourth-order valence-electron chi connectivity index (χ4n) is 0.595. The summed E-state index contributed by atoms with van der Waals surface area (Å²) >= 11 is 0. The van der Waals surface area contributed by atoms with E-state index in [1.165, 1.54) is 12.7 Å². The molecule has 0 radical (unpaired) electrons. The molecule has 0 heterocycles. The SMILES string of the molecule is C=COc1ccccc1.CC.CCC. The summed E-state index contributed by atoms with van der Waals surface area (Å²) in [5.74, 6) is 0.826. The van der Waals surface area contributed by atoms with Crippen molar-refractivity contribution in [2.75, 3.05) is 0 Å². The predicted molar refractivity (Wildman–Crippen MR) is 64.6 cm³/mol. The first-order chi connectivity index (χ1) is 6.85. The van der Waals surface area contributed by atoms with Crippen LogP contribution in [-0.2, 0) is 0 Å². The summed E-state index contributed by atoms with van der Waals surface area (Å²) in [5.41, 5.74) is 0. The van der Waals surface area contributed by atoms with Gasteiger partial charge in [0.2, 0.25) is 0 Å². The van der Waals surface area contributed by atoms with Crippen LogP contribution in [-0.4, -0.2) is 0 Å². The summed E-state index contributed by atoms with van der Waals surface area (Å²) in [5, 5.41) is 0. The summed E-state index contributed by atoms with van der Waals surface area (Å²) in [7, 11) is 0. The highest BCUT2D eigenvalue weighted by molar-refractivity contribution is 5.21. The molecule has 1 aromatic rings. The normalized spacial score (nSPS) is 7.14. The van der Waals surface area contributed by atoms with Crippen LogP contribution in [0.2, 0.25) is 0 Å². The molecule has 0 N–H and O–H groups in total. The number of benzene rings is 1. The molecule has 1 nitrogen and oxygen atoms in total. The highest BCUT2D eigenvalue weighted by Crippen LogP contribution is 2.07. The summed E-state index contributed by atoms with van der Waals surface area (Å²) < 4.78 is 4.97. The van der Waals surface area contributed by atoms with Crippen LogP contribution < -0.4 is 4.74 Å². The lowest BCUT2D eigenvalue weighted by atomic mass is 10.3. The number of hydrogen-bond acceptors (Lipinski definition) is 1. The molecule has 1 aromatic carbocycles. The van der Waals surface area contributed by atoms with E-state index in [4.69, 9.17) is 4.74 Å². The van der Waals surface area contributed by atoms with E-state index in [9.17, 15) is 0 Å². The molecule has 0 aromatic heterocycles. The van der Waals surface area contributed by atoms with E-state index >= 15 is 0 Å². The number of hydrogen-bond donors (Lipinski definition) is 0. The second-order valence-corrected chi connectivity index (χ2v) is 2.30. The van der Waals surface area contributed by atoms with Crippen molar-refractivity contribution in [1.29, 1.82) is 0 Å². The van der Waals surface area contributed by atoms with E-state index in [0.717, 1.165) is 5.75 Å². The van der Waals surface area contributed by atoms with Gasteiger partial charge in [0.15, 0.2) is 0 Å². The van der Waals surface area contributed by atoms with Crippen LogP contribution in [0, 0.1) is 0 Å². The Kier molecular flexibility index (Phi) is 15.6. The van der Waals surface area contributed by atoms with Crippen LogP contribution >= 0.6 is 0 Å². The molecule has 0 aliphatic heterocycles. The van der Waals surface area contributed by atoms with Gasteiger partial charge in [-0.05, 0) is 12.1 Å². The van der Waals surface area contributed by atoms with Crippen molar-refractivity contribution in [2.45, 2.75) is 34.1 Å². The molecule has 1 heteroatoms. The zero-order chi connectivity index (χ0) is 11.2. The van der Waals surface area contributed by atoms with Crippen molar-refractivity contribution in [3.05, 3.63) is 43.2 Å². The molecule has 0 aliphatic rings. The van der Waals surface area contributed by atoms with E-state index in [-0.39, 0.29) is 0 Å². The lowest BCUT2D eigenvalue weighted by molar-refractivity contribution is 0.483. The lowest BCUT2D eigenvalue weighted by Gasteiger charge is -1.95. The monoisotopic (exact) mass is 194 g/mol. The smallest absolute Gasteiger partial charge is 0.126 e. The molecule has 1 rings (SSSR count). The molecule has 14 heavy (non-hydrogen) atoms. The lowest BCUT2D eigenvalue weighted by Crippen LogP contribution is -1.76. The molecule has 80 valence electrons. The molecule has 0 saturated heterocycles. The number of para-hydroxylation sites is 1. The van der Waals surface area contributed by atoms with Crippen LogP contribution in [0.25, 0.3) is 0 Å². The van der Waals surface area contributed by atoms with Crippen molar-refractivity contribution >= 4 is 0 Å². The predicted octanol–water partition coefficient (Wildman–Crippen LogP) is 4.65. The first-order valence-corrected chi connectivity index (χ1v) is 5.17. The van der Waals surface area contributed by atoms with E-state index in [1.54, 1.807) is 0 Å². The van der Waals surface area contributed by atoms with Gasteiger partial charge in [-0.15, -0.1) is 0 Å². The van der Waals surface area contributed by atoms with Gasteiger partial charge in [0.25, 0.3) is 0 Å². The standard InChI is InChI=1S/C8H8O.C3H8.C2H6/c1-2-9-8-6-4-3-5-7-8;1-3-2;1-2/h2-7H,1H2;3H2,1-2H3;1-2H3. The minimum Gasteiger partial charge on any atom is -0.466 e. The van der Waals surface area contributed by atoms with Crippen LogP contribution in [0.4, 0.5) is 0 Å². The molecule has 0 amide bonds. The molecule has 0 bridgehead atoms. The van der Waals surface area contributed by atoms with Crippen molar-refractivity contribution in [3.63, 3.8) is 0 Å². The van der Waals surface area contributed by atoms with Crippen molar-refractivity contribution in [1.82, 2.24) is 0 Å². The summed E-state index contributed by atoms with van der Waals surface area (Å²) in [6.07, 6.45) is 2.66. The Hall–Kier alpha value is -1.24. The van der Waals surface area contributed by atoms with Gasteiger partial charge < -0.3 is 4.74 Å². The van der Waals surface area contributed by atoms with Gasteiger partial charge in [0.1, 0.15) is 5.75 Å². The molecular weight excluding hydrogens is 172 g/mol. The fraction of sp³-hybridized carbons (Fsp3) is 0.385. The maximum Gasteiger partial charge on any atom is 0.126 e. The van der Waals surface area contributed by atoms with Gasteiger partial charge in [-0.25, -0.2) is 0 Å². The third kappa shape index (κ3) is 10.8. The summed E-state index contributed by atoms with van der Waals surface area (Å²) in [4.78, 5) is 0. The van der Waals surface area contributed by atoms with Gasteiger partial charge in [-0.1, -0.05) is 58.9 Å². The molecule has 0 spiro atoms. The largest absolute Gasteiger partial charge is 0.466 e. The topological polar surface area (TPSA) is 9.23 Å². The average Bonchev–Trinajstić information content (AvgIpc) is 2.24. The highest BCUT2D eigenvalue weighted by atomic mass is 16.5. The zero-order valence-electron chi connectivity index (χ0n) is 9.79. The van der Waals surface area contributed by atoms with Gasteiger partial charge >= 0.3 is 0 Å². The van der Waals surface area contributed by atoms with Crippen LogP contribution in [0.5, 0.6) is 5.75 Å². The van der Waals surface area contributed by atoms with E-state index in [1.807, 2.05) is 44.2 Å². The first-order valence-electron chi connectivity index (χ1n) is 5.17. The first kappa shape index (κ1) is 15.2. The number of ether oxygens (including phenoxy) is 1. The second kappa shape index (κ2) is 14.3. The minimum absolute atomic E-state index is 0.826. The van der Waals surface area contributed by atoms with Gasteiger partial charge in [-0.3, -0.25) is 0 Å². The van der Waals surface area contributed by atoms with Crippen molar-refractivity contribution < 1.29 is 4.74 Å². The van der Waals surface area contributed by atoms with Crippen LogP contribution in [0.1, 0.15) is 34.1 Å². The molecule has 0 saturated carbocycles. The zero-order valence-corrected chi connectivity index (χ0v) is 9.79. The highest BCUT2D eigenvalue weighted by Gasteiger charge is 1.82. The summed E-state index contributed by atoms with van der Waals surface area (Å²) in [6, 6.07) is 9.52. The average molecular weight is 194 g/mol. The van der Waals surface area contributed by atoms with E-state index in [2.05, 4.69) is 20.4 Å². The Labute approximate surface area is 88.4 Å². The Morgan fingerprint density at radius 1 is 1.14 bits per heavy atom. The third-order valence-electron chi connectivity index (χ3n) is 0.963. The third-order valence-corrected chi connectivity index (χ3v) is 0.963. The van der Waals surface area contributed by atoms with E-state index < -0.39 is 0 Å². The summed E-state index contributed by atoms with van der Waals surface area (Å²) in [6.45, 7) is 11.7. The Morgan fingerprint density at radius 3 is 1.93 bits per heavy atom. The van der Waals surface area contributed by atoms with Crippen LogP contribution in [0.3, 0.4) is 0 Å². The maximum absolute atomic E-state index is 4.97. The van der Waals surface area contributed by atoms with Crippen LogP contribution in [0.15, 0.2) is 43.2 Å². The molecule has 0 unspecified atom stereocenters. The molecule has 0 atom stereocenters. The minimum atomic E-state index is 0.826. The van der Waals surface area contributed by atoms with Crippen molar-refractivity contribution in [3.8, 4) is 5.75 Å². The second-order valence-electron chi connectivity index (χ2n) is 2.30. The fourth-order valence-corrected chi connectivity index (χ4v) is 0.595. The van der Waals surface area contributed by atoms with Gasteiger partial charge in [0.05, 0.1) is 6.26 Å². The van der Waals surface area contributed by atoms with E-state index in [0.29, 0.717) is 0 Å². The quantitative estimate of drug-likeness (QED) is 0.623. The molecule has 0 fully saturated rings. The Morgan fingerprint density at radius 2 is 1.57 bits per heavy atom. The Balaban J connectivity index is 0. The molecule has 0 aliphatic carbocycles. The van der Waals surface area contributed by atoms with Gasteiger partial charge in [-0.2, -0.15) is 0 Å². The maximum atomic E-state index is 4.97.